The molecule has 0 saturated carbocycles. The Balaban J connectivity index is -0.000000214. The topological polar surface area (TPSA) is 298 Å². The maximum Gasteiger partial charge on any atom is 0.303 e. The number of carboxylic acids is 8. The SMILES string of the molecule is C=CC.O=C(O)CCCCCCCCC(=O)O.O=C(O)CCCCCCCCC(=O)O.O=C(O)CCCCCCCCC(=O)O.O=C(O)CCCCCCCCC(=O)O. The van der Waals surface area contributed by atoms with Gasteiger partial charge in [-0.1, -0.05) is 109 Å². The zero-order chi connectivity index (χ0) is 46.0. The molecular weight excluding hydrogens is 772 g/mol. The Kier molecular flexibility index (Phi) is 57.7. The Hall–Kier alpha value is -4.50. The van der Waals surface area contributed by atoms with Crippen LogP contribution in [0.5, 0.6) is 0 Å². The van der Waals surface area contributed by atoms with E-state index in [0.717, 1.165) is 154 Å². The average Bonchev–Trinajstić information content (AvgIpc) is 3.13. The van der Waals surface area contributed by atoms with Gasteiger partial charge in [0, 0.05) is 51.4 Å². The Bertz CT molecular complexity index is 834. The lowest BCUT2D eigenvalue weighted by Crippen LogP contribution is -1.94. The molecule has 16 heteroatoms. The van der Waals surface area contributed by atoms with Gasteiger partial charge >= 0.3 is 47.8 Å². The summed E-state index contributed by atoms with van der Waals surface area (Å²) in [5.41, 5.74) is 0. The van der Waals surface area contributed by atoms with Gasteiger partial charge in [0.15, 0.2) is 0 Å². The predicted octanol–water partition coefficient (Wildman–Crippen LogP) is 10.3. The van der Waals surface area contributed by atoms with E-state index in [4.69, 9.17) is 40.9 Å². The van der Waals surface area contributed by atoms with Gasteiger partial charge in [0.1, 0.15) is 0 Å². The molecule has 0 rings (SSSR count). The van der Waals surface area contributed by atoms with Crippen molar-refractivity contribution in [2.75, 3.05) is 0 Å². The molecule has 0 bridgehead atoms. The van der Waals surface area contributed by atoms with Crippen LogP contribution in [0.15, 0.2) is 12.7 Å². The van der Waals surface area contributed by atoms with E-state index in [1.807, 2.05) is 6.92 Å². The Labute approximate surface area is 351 Å². The van der Waals surface area contributed by atoms with Crippen LogP contribution in [0.1, 0.15) is 212 Å². The maximum absolute atomic E-state index is 10.1. The number of allylic oxidation sites excluding steroid dienone is 1. The van der Waals surface area contributed by atoms with E-state index < -0.39 is 47.8 Å². The standard InChI is InChI=1S/4C10H18O4.C3H6/c4*11-9(12)7-5-3-1-2-4-6-8-10(13)14;1-3-2/h4*1-8H2,(H,11,12)(H,13,14);3H,1H2,2H3. The van der Waals surface area contributed by atoms with Crippen molar-refractivity contribution in [2.24, 2.45) is 0 Å². The minimum absolute atomic E-state index is 0.245. The molecule has 0 saturated heterocycles. The maximum atomic E-state index is 10.1. The average molecular weight is 851 g/mol. The molecule has 0 atom stereocenters. The van der Waals surface area contributed by atoms with Crippen LogP contribution in [0, 0.1) is 0 Å². The summed E-state index contributed by atoms with van der Waals surface area (Å²) in [5.74, 6) is -5.92. The molecule has 0 fully saturated rings. The number of hydrogen-bond donors (Lipinski definition) is 8. The molecule has 0 spiro atoms. The summed E-state index contributed by atoms with van der Waals surface area (Å²) in [5, 5.41) is 66.8. The van der Waals surface area contributed by atoms with Crippen molar-refractivity contribution >= 4 is 47.8 Å². The molecule has 346 valence electrons. The third-order valence-electron chi connectivity index (χ3n) is 8.13. The van der Waals surface area contributed by atoms with Crippen molar-refractivity contribution in [3.8, 4) is 0 Å². The first-order valence-electron chi connectivity index (χ1n) is 21.2. The summed E-state index contributed by atoms with van der Waals surface area (Å²) in [7, 11) is 0. The molecule has 0 aliphatic carbocycles. The summed E-state index contributed by atoms with van der Waals surface area (Å²) < 4.78 is 0. The largest absolute Gasteiger partial charge is 0.481 e. The molecule has 0 aromatic carbocycles. The highest BCUT2D eigenvalue weighted by Crippen LogP contribution is 2.11. The molecule has 0 radical (unpaired) electrons. The van der Waals surface area contributed by atoms with Crippen LogP contribution in [0.2, 0.25) is 0 Å². The third-order valence-corrected chi connectivity index (χ3v) is 8.13. The highest BCUT2D eigenvalue weighted by molar-refractivity contribution is 5.68. The molecule has 59 heavy (non-hydrogen) atoms. The lowest BCUT2D eigenvalue weighted by atomic mass is 10.1. The molecule has 16 nitrogen and oxygen atoms in total. The molecule has 0 heterocycles. The molecule has 0 aliphatic rings. The highest BCUT2D eigenvalue weighted by atomic mass is 16.4. The number of aliphatic carboxylic acids is 8. The first-order chi connectivity index (χ1) is 27.9. The number of hydrogen-bond acceptors (Lipinski definition) is 8. The van der Waals surface area contributed by atoms with Crippen molar-refractivity contribution in [3.05, 3.63) is 12.7 Å². The van der Waals surface area contributed by atoms with Crippen molar-refractivity contribution in [3.63, 3.8) is 0 Å². The number of carbonyl (C=O) groups is 8. The second-order valence-corrected chi connectivity index (χ2v) is 14.0. The summed E-state index contributed by atoms with van der Waals surface area (Å²) in [4.78, 5) is 81.2. The monoisotopic (exact) mass is 851 g/mol. The number of carboxylic acid groups (broad SMARTS) is 8. The second kappa shape index (κ2) is 53.5. The third kappa shape index (κ3) is 90.9. The van der Waals surface area contributed by atoms with Crippen LogP contribution < -0.4 is 0 Å². The Morgan fingerprint density at radius 2 is 0.322 bits per heavy atom. The van der Waals surface area contributed by atoms with Crippen molar-refractivity contribution in [1.82, 2.24) is 0 Å². The Morgan fingerprint density at radius 3 is 0.390 bits per heavy atom. The van der Waals surface area contributed by atoms with E-state index in [1.54, 1.807) is 6.08 Å². The molecule has 0 unspecified atom stereocenters. The highest BCUT2D eigenvalue weighted by Gasteiger charge is 2.01. The Morgan fingerprint density at radius 1 is 0.254 bits per heavy atom. The van der Waals surface area contributed by atoms with Gasteiger partial charge in [-0.05, 0) is 58.3 Å². The van der Waals surface area contributed by atoms with Crippen LogP contribution in [-0.2, 0) is 38.4 Å². The van der Waals surface area contributed by atoms with Gasteiger partial charge in [-0.15, -0.1) is 6.58 Å². The number of rotatable bonds is 36. The van der Waals surface area contributed by atoms with Crippen LogP contribution >= 0.6 is 0 Å². The van der Waals surface area contributed by atoms with E-state index in [9.17, 15) is 38.4 Å². The predicted molar refractivity (Wildman–Crippen MR) is 225 cm³/mol. The molecule has 8 N–H and O–H groups in total. The first-order valence-corrected chi connectivity index (χ1v) is 21.2. The first kappa shape index (κ1) is 63.7. The summed E-state index contributed by atoms with van der Waals surface area (Å²) in [6.45, 7) is 5.25. The van der Waals surface area contributed by atoms with Crippen molar-refractivity contribution in [1.29, 1.82) is 0 Å². The van der Waals surface area contributed by atoms with Gasteiger partial charge in [0.05, 0.1) is 0 Å². The lowest BCUT2D eigenvalue weighted by Gasteiger charge is -1.98. The summed E-state index contributed by atoms with van der Waals surface area (Å²) in [6.07, 6.45) is 25.0. The van der Waals surface area contributed by atoms with Crippen molar-refractivity contribution in [2.45, 2.75) is 212 Å². The van der Waals surface area contributed by atoms with Gasteiger partial charge in [-0.25, -0.2) is 0 Å². The minimum atomic E-state index is -0.740. The quantitative estimate of drug-likeness (QED) is 0.0215. The molecule has 0 aromatic heterocycles. The van der Waals surface area contributed by atoms with Crippen LogP contribution in [-0.4, -0.2) is 88.6 Å². The van der Waals surface area contributed by atoms with Crippen LogP contribution in [0.25, 0.3) is 0 Å². The van der Waals surface area contributed by atoms with Gasteiger partial charge in [-0.3, -0.25) is 38.4 Å². The van der Waals surface area contributed by atoms with E-state index >= 15 is 0 Å². The fourth-order valence-corrected chi connectivity index (χ4v) is 5.04. The molecule has 0 aliphatic heterocycles. The lowest BCUT2D eigenvalue weighted by molar-refractivity contribution is -0.138. The normalized spacial score (nSPS) is 9.71. The fraction of sp³-hybridized carbons (Fsp3) is 0.767. The van der Waals surface area contributed by atoms with Crippen molar-refractivity contribution < 1.29 is 79.2 Å². The van der Waals surface area contributed by atoms with Gasteiger partial charge in [0.2, 0.25) is 0 Å². The van der Waals surface area contributed by atoms with Crippen LogP contribution in [0.4, 0.5) is 0 Å². The zero-order valence-electron chi connectivity index (χ0n) is 35.8. The molecule has 0 aromatic rings. The van der Waals surface area contributed by atoms with E-state index in [-0.39, 0.29) is 51.4 Å². The van der Waals surface area contributed by atoms with E-state index in [1.165, 1.54) is 0 Å². The number of unbranched alkanes of at least 4 members (excludes halogenated alkanes) is 20. The zero-order valence-corrected chi connectivity index (χ0v) is 35.8. The molecular formula is C43H78O16. The molecule has 0 amide bonds. The minimum Gasteiger partial charge on any atom is -0.481 e. The van der Waals surface area contributed by atoms with E-state index in [2.05, 4.69) is 6.58 Å². The van der Waals surface area contributed by atoms with E-state index in [0.29, 0.717) is 0 Å². The fourth-order valence-electron chi connectivity index (χ4n) is 5.04. The summed E-state index contributed by atoms with van der Waals surface area (Å²) >= 11 is 0. The summed E-state index contributed by atoms with van der Waals surface area (Å²) in [6, 6.07) is 0. The van der Waals surface area contributed by atoms with Gasteiger partial charge in [0.25, 0.3) is 0 Å². The second-order valence-electron chi connectivity index (χ2n) is 14.0. The van der Waals surface area contributed by atoms with Gasteiger partial charge in [-0.2, -0.15) is 0 Å². The van der Waals surface area contributed by atoms with Gasteiger partial charge < -0.3 is 40.9 Å². The smallest absolute Gasteiger partial charge is 0.303 e. The van der Waals surface area contributed by atoms with Crippen LogP contribution in [0.3, 0.4) is 0 Å².